The van der Waals surface area contributed by atoms with Crippen molar-refractivity contribution in [1.29, 1.82) is 0 Å². The monoisotopic (exact) mass is 175 g/mol. The summed E-state index contributed by atoms with van der Waals surface area (Å²) in [6, 6.07) is 0. The summed E-state index contributed by atoms with van der Waals surface area (Å²) in [6.45, 7) is 1.02. The molecule has 0 aliphatic heterocycles. The molecule has 5 heteroatoms. The van der Waals surface area contributed by atoms with E-state index in [0.29, 0.717) is 0 Å². The van der Waals surface area contributed by atoms with E-state index in [2.05, 4.69) is 15.5 Å². The molecular formula is C5H9N3S2. The van der Waals surface area contributed by atoms with Crippen molar-refractivity contribution in [3.05, 3.63) is 5.51 Å². The number of thioether (sulfide) groups is 1. The summed E-state index contributed by atoms with van der Waals surface area (Å²) in [5.41, 5.74) is 1.75. The normalized spacial score (nSPS) is 10.1. The smallest absolute Gasteiger partial charge is 0.174 e. The number of hydrogen-bond acceptors (Lipinski definition) is 5. The van der Waals surface area contributed by atoms with Crippen LogP contribution in [0.2, 0.25) is 0 Å². The van der Waals surface area contributed by atoms with Gasteiger partial charge in [-0.2, -0.15) is 0 Å². The van der Waals surface area contributed by atoms with Crippen molar-refractivity contribution in [2.45, 2.75) is 4.34 Å². The molecule has 0 spiro atoms. The standard InChI is InChI=1S/C5H9N3S2/c1-6-2-3-9-5-8-7-4-10-5/h4,6H,2-3H2,1H3. The van der Waals surface area contributed by atoms with Crippen molar-refractivity contribution in [2.75, 3.05) is 19.3 Å². The number of nitrogens with one attached hydrogen (secondary N) is 1. The van der Waals surface area contributed by atoms with Gasteiger partial charge in [0.15, 0.2) is 4.34 Å². The maximum Gasteiger partial charge on any atom is 0.174 e. The van der Waals surface area contributed by atoms with Gasteiger partial charge in [-0.3, -0.25) is 0 Å². The first-order valence-electron chi connectivity index (χ1n) is 2.97. The second-order valence-corrected chi connectivity index (χ2v) is 3.83. The van der Waals surface area contributed by atoms with Gasteiger partial charge in [-0.1, -0.05) is 23.1 Å². The number of hydrogen-bond donors (Lipinski definition) is 1. The summed E-state index contributed by atoms with van der Waals surface area (Å²) in [5.74, 6) is 1.06. The van der Waals surface area contributed by atoms with Crippen LogP contribution in [0.25, 0.3) is 0 Å². The minimum absolute atomic E-state index is 1.02. The number of rotatable bonds is 4. The SMILES string of the molecule is CNCCSc1nncs1. The summed E-state index contributed by atoms with van der Waals surface area (Å²) in [4.78, 5) is 0. The van der Waals surface area contributed by atoms with E-state index in [4.69, 9.17) is 0 Å². The summed E-state index contributed by atoms with van der Waals surface area (Å²) in [7, 11) is 1.95. The van der Waals surface area contributed by atoms with Crippen LogP contribution in [0, 0.1) is 0 Å². The predicted octanol–water partition coefficient (Wildman–Crippen LogP) is 0.850. The first kappa shape index (κ1) is 7.97. The summed E-state index contributed by atoms with van der Waals surface area (Å²) in [6.07, 6.45) is 0. The van der Waals surface area contributed by atoms with E-state index in [1.807, 2.05) is 7.05 Å². The van der Waals surface area contributed by atoms with Crippen molar-refractivity contribution in [3.63, 3.8) is 0 Å². The second kappa shape index (κ2) is 4.65. The maximum absolute atomic E-state index is 3.89. The lowest BCUT2D eigenvalue weighted by Gasteiger charge is -1.93. The molecule has 0 fully saturated rings. The highest BCUT2D eigenvalue weighted by Crippen LogP contribution is 2.17. The fourth-order valence-corrected chi connectivity index (χ4v) is 1.98. The molecule has 1 N–H and O–H groups in total. The van der Waals surface area contributed by atoms with Gasteiger partial charge in [0.05, 0.1) is 0 Å². The second-order valence-electron chi connectivity index (χ2n) is 1.66. The van der Waals surface area contributed by atoms with Gasteiger partial charge in [-0.15, -0.1) is 10.2 Å². The van der Waals surface area contributed by atoms with Crippen molar-refractivity contribution >= 4 is 23.1 Å². The number of nitrogens with zero attached hydrogens (tertiary/aromatic N) is 2. The molecule has 0 aliphatic carbocycles. The lowest BCUT2D eigenvalue weighted by Crippen LogP contribution is -2.09. The fraction of sp³-hybridized carbons (Fsp3) is 0.600. The largest absolute Gasteiger partial charge is 0.319 e. The Morgan fingerprint density at radius 3 is 3.30 bits per heavy atom. The quantitative estimate of drug-likeness (QED) is 0.544. The Hall–Kier alpha value is -0.130. The molecule has 1 heterocycles. The van der Waals surface area contributed by atoms with Crippen LogP contribution in [0.4, 0.5) is 0 Å². The Bertz CT molecular complexity index is 163. The van der Waals surface area contributed by atoms with Crippen LogP contribution in [-0.2, 0) is 0 Å². The lowest BCUT2D eigenvalue weighted by atomic mass is 10.8. The van der Waals surface area contributed by atoms with E-state index >= 15 is 0 Å². The molecule has 0 aromatic carbocycles. The van der Waals surface area contributed by atoms with E-state index in [1.54, 1.807) is 28.6 Å². The predicted molar refractivity (Wildman–Crippen MR) is 44.6 cm³/mol. The molecule has 0 unspecified atom stereocenters. The van der Waals surface area contributed by atoms with Gasteiger partial charge in [0.25, 0.3) is 0 Å². The third-order valence-corrected chi connectivity index (χ3v) is 2.78. The molecule has 1 rings (SSSR count). The first-order chi connectivity index (χ1) is 4.93. The molecule has 1 aromatic heterocycles. The fourth-order valence-electron chi connectivity index (χ4n) is 0.466. The van der Waals surface area contributed by atoms with E-state index in [1.165, 1.54) is 0 Å². The Morgan fingerprint density at radius 1 is 1.80 bits per heavy atom. The molecule has 0 amide bonds. The minimum Gasteiger partial charge on any atom is -0.319 e. The summed E-state index contributed by atoms with van der Waals surface area (Å²) < 4.78 is 1.05. The zero-order valence-corrected chi connectivity index (χ0v) is 7.34. The molecule has 0 saturated heterocycles. The van der Waals surface area contributed by atoms with Crippen LogP contribution < -0.4 is 5.32 Å². The van der Waals surface area contributed by atoms with E-state index in [9.17, 15) is 0 Å². The molecule has 0 aliphatic rings. The lowest BCUT2D eigenvalue weighted by molar-refractivity contribution is 0.870. The molecule has 56 valence electrons. The average Bonchev–Trinajstić information content (AvgIpc) is 2.41. The van der Waals surface area contributed by atoms with Crippen molar-refractivity contribution in [1.82, 2.24) is 15.5 Å². The van der Waals surface area contributed by atoms with Gasteiger partial charge < -0.3 is 5.32 Å². The average molecular weight is 175 g/mol. The van der Waals surface area contributed by atoms with Crippen LogP contribution in [0.1, 0.15) is 0 Å². The van der Waals surface area contributed by atoms with Gasteiger partial charge in [0.2, 0.25) is 0 Å². The van der Waals surface area contributed by atoms with Crippen molar-refractivity contribution in [2.24, 2.45) is 0 Å². The molecule has 0 radical (unpaired) electrons. The van der Waals surface area contributed by atoms with Gasteiger partial charge in [0.1, 0.15) is 5.51 Å². The van der Waals surface area contributed by atoms with Gasteiger partial charge >= 0.3 is 0 Å². The van der Waals surface area contributed by atoms with Gasteiger partial charge in [-0.25, -0.2) is 0 Å². The molecular weight excluding hydrogens is 166 g/mol. The van der Waals surface area contributed by atoms with Crippen molar-refractivity contribution < 1.29 is 0 Å². The van der Waals surface area contributed by atoms with Crippen LogP contribution in [0.3, 0.4) is 0 Å². The van der Waals surface area contributed by atoms with Gasteiger partial charge in [-0.05, 0) is 7.05 Å². The van der Waals surface area contributed by atoms with Crippen LogP contribution >= 0.6 is 23.1 Å². The number of aromatic nitrogens is 2. The highest BCUT2D eigenvalue weighted by Gasteiger charge is 1.94. The Morgan fingerprint density at radius 2 is 2.70 bits per heavy atom. The molecule has 0 bridgehead atoms. The summed E-state index contributed by atoms with van der Waals surface area (Å²) >= 11 is 3.32. The molecule has 1 aromatic rings. The molecule has 3 nitrogen and oxygen atoms in total. The Balaban J connectivity index is 2.15. The zero-order chi connectivity index (χ0) is 7.23. The third kappa shape index (κ3) is 2.64. The third-order valence-electron chi connectivity index (χ3n) is 0.918. The van der Waals surface area contributed by atoms with Crippen LogP contribution in [0.15, 0.2) is 9.85 Å². The Kier molecular flexibility index (Phi) is 3.71. The minimum atomic E-state index is 1.02. The summed E-state index contributed by atoms with van der Waals surface area (Å²) in [5, 5.41) is 10.7. The molecule has 0 saturated carbocycles. The maximum atomic E-state index is 3.89. The van der Waals surface area contributed by atoms with Crippen molar-refractivity contribution in [3.8, 4) is 0 Å². The molecule has 10 heavy (non-hydrogen) atoms. The zero-order valence-electron chi connectivity index (χ0n) is 5.70. The van der Waals surface area contributed by atoms with Crippen LogP contribution in [0.5, 0.6) is 0 Å². The highest BCUT2D eigenvalue weighted by atomic mass is 32.2. The van der Waals surface area contributed by atoms with E-state index < -0.39 is 0 Å². The van der Waals surface area contributed by atoms with E-state index in [0.717, 1.165) is 16.6 Å². The van der Waals surface area contributed by atoms with Crippen LogP contribution in [-0.4, -0.2) is 29.5 Å². The highest BCUT2D eigenvalue weighted by molar-refractivity contribution is 8.01. The van der Waals surface area contributed by atoms with Gasteiger partial charge in [0, 0.05) is 12.3 Å². The molecule has 0 atom stereocenters. The first-order valence-corrected chi connectivity index (χ1v) is 4.83. The topological polar surface area (TPSA) is 37.8 Å². The van der Waals surface area contributed by atoms with E-state index in [-0.39, 0.29) is 0 Å². The Labute approximate surface area is 68.2 Å².